The zero-order valence-electron chi connectivity index (χ0n) is 17.1. The van der Waals surface area contributed by atoms with Gasteiger partial charge in [-0.3, -0.25) is 9.59 Å². The van der Waals surface area contributed by atoms with E-state index in [1.807, 2.05) is 36.4 Å². The lowest BCUT2D eigenvalue weighted by Crippen LogP contribution is -2.19. The summed E-state index contributed by atoms with van der Waals surface area (Å²) in [5, 5.41) is 3.01. The molecule has 0 bridgehead atoms. The number of carbonyl (C=O) groups excluding carboxylic acids is 1. The lowest BCUT2D eigenvalue weighted by molar-refractivity contribution is -0.116. The Morgan fingerprint density at radius 3 is 2.73 bits per heavy atom. The summed E-state index contributed by atoms with van der Waals surface area (Å²) >= 11 is 0. The normalized spacial score (nSPS) is 15.3. The number of amides is 1. The first-order chi connectivity index (χ1) is 14.6. The van der Waals surface area contributed by atoms with Gasteiger partial charge in [0.2, 0.25) is 5.91 Å². The summed E-state index contributed by atoms with van der Waals surface area (Å²) in [4.78, 5) is 24.5. The molecule has 0 saturated heterocycles. The van der Waals surface area contributed by atoms with Crippen LogP contribution >= 0.6 is 0 Å². The van der Waals surface area contributed by atoms with E-state index in [1.165, 1.54) is 11.1 Å². The topological polar surface area (TPSA) is 60.3 Å². The first-order valence-corrected chi connectivity index (χ1v) is 10.3. The van der Waals surface area contributed by atoms with E-state index in [4.69, 9.17) is 4.74 Å². The van der Waals surface area contributed by atoms with Crippen molar-refractivity contribution in [3.8, 4) is 5.75 Å². The van der Waals surface area contributed by atoms with Crippen molar-refractivity contribution in [2.75, 3.05) is 12.4 Å². The van der Waals surface area contributed by atoms with E-state index in [9.17, 15) is 9.59 Å². The molecule has 1 aromatic heterocycles. The molecule has 154 valence electrons. The summed E-state index contributed by atoms with van der Waals surface area (Å²) in [5.41, 5.74) is 4.31. The molecule has 1 N–H and O–H groups in total. The number of ether oxygens (including phenoxy) is 1. The quantitative estimate of drug-likeness (QED) is 0.667. The molecule has 30 heavy (non-hydrogen) atoms. The largest absolute Gasteiger partial charge is 0.497 e. The second-order valence-corrected chi connectivity index (χ2v) is 7.77. The number of fused-ring (bicyclic) bond motifs is 1. The number of hydrogen-bond donors (Lipinski definition) is 1. The Hall–Kier alpha value is -3.34. The molecule has 0 aliphatic heterocycles. The number of hydrogen-bond acceptors (Lipinski definition) is 3. The third kappa shape index (κ3) is 4.62. The number of aryl methyl sites for hydroxylation is 1. The van der Waals surface area contributed by atoms with Crippen LogP contribution in [0.1, 0.15) is 41.9 Å². The number of benzene rings is 2. The fourth-order valence-electron chi connectivity index (χ4n) is 4.15. The van der Waals surface area contributed by atoms with Gasteiger partial charge in [-0.25, -0.2) is 0 Å². The molecule has 1 atom stereocenters. The maximum atomic E-state index is 12.7. The van der Waals surface area contributed by atoms with Gasteiger partial charge < -0.3 is 14.6 Å². The maximum Gasteiger partial charge on any atom is 0.250 e. The molecule has 4 rings (SSSR count). The van der Waals surface area contributed by atoms with Crippen LogP contribution < -0.4 is 15.6 Å². The van der Waals surface area contributed by atoms with Crippen molar-refractivity contribution in [3.63, 3.8) is 0 Å². The Kier molecular flexibility index (Phi) is 5.98. The third-order valence-corrected chi connectivity index (χ3v) is 5.71. The Balaban J connectivity index is 1.38. The van der Waals surface area contributed by atoms with Crippen LogP contribution in [0.25, 0.3) is 0 Å². The van der Waals surface area contributed by atoms with Crippen LogP contribution in [0.3, 0.4) is 0 Å². The highest BCUT2D eigenvalue weighted by Gasteiger charge is 2.23. The average Bonchev–Trinajstić information content (AvgIpc) is 2.76. The minimum atomic E-state index is -0.0275. The third-order valence-electron chi connectivity index (χ3n) is 5.71. The van der Waals surface area contributed by atoms with E-state index < -0.39 is 0 Å². The molecule has 0 spiro atoms. The van der Waals surface area contributed by atoms with Gasteiger partial charge in [-0.15, -0.1) is 0 Å². The van der Waals surface area contributed by atoms with E-state index in [1.54, 1.807) is 30.0 Å². The number of rotatable bonds is 6. The Morgan fingerprint density at radius 1 is 1.13 bits per heavy atom. The standard InChI is InChI=1S/C25H26N2O3/c1-30-22-12-13-23-19(15-22)5-4-6-20(23)16-24(28)26-21-10-8-18(9-11-21)17-27-14-3-2-7-25(27)29/h2-3,7-15,20H,4-6,16-17H2,1H3,(H,26,28). The Morgan fingerprint density at radius 2 is 1.97 bits per heavy atom. The molecule has 3 aromatic rings. The smallest absolute Gasteiger partial charge is 0.250 e. The number of carbonyl (C=O) groups is 1. The minimum Gasteiger partial charge on any atom is -0.497 e. The van der Waals surface area contributed by atoms with Gasteiger partial charge in [0.05, 0.1) is 13.7 Å². The second kappa shape index (κ2) is 8.99. The fraction of sp³-hybridized carbons (Fsp3) is 0.280. The van der Waals surface area contributed by atoms with Crippen molar-refractivity contribution in [2.24, 2.45) is 0 Å². The average molecular weight is 402 g/mol. The molecule has 1 aliphatic carbocycles. The molecule has 1 aliphatic rings. The maximum absolute atomic E-state index is 12.7. The van der Waals surface area contributed by atoms with Gasteiger partial charge >= 0.3 is 0 Å². The predicted molar refractivity (Wildman–Crippen MR) is 118 cm³/mol. The molecule has 5 heteroatoms. The fourth-order valence-corrected chi connectivity index (χ4v) is 4.15. The first-order valence-electron chi connectivity index (χ1n) is 10.3. The molecule has 0 radical (unpaired) electrons. The van der Waals surface area contributed by atoms with Gasteiger partial charge in [0.15, 0.2) is 0 Å². The number of methoxy groups -OCH3 is 1. The van der Waals surface area contributed by atoms with Crippen LogP contribution in [0.5, 0.6) is 5.75 Å². The summed E-state index contributed by atoms with van der Waals surface area (Å²) < 4.78 is 6.99. The number of nitrogens with zero attached hydrogens (tertiary/aromatic N) is 1. The van der Waals surface area contributed by atoms with Crippen LogP contribution in [-0.2, 0) is 17.8 Å². The van der Waals surface area contributed by atoms with E-state index in [0.29, 0.717) is 13.0 Å². The molecular weight excluding hydrogens is 376 g/mol. The highest BCUT2D eigenvalue weighted by molar-refractivity contribution is 5.91. The van der Waals surface area contributed by atoms with Crippen molar-refractivity contribution < 1.29 is 9.53 Å². The van der Waals surface area contributed by atoms with Crippen LogP contribution in [0.15, 0.2) is 71.7 Å². The predicted octanol–water partition coefficient (Wildman–Crippen LogP) is 4.35. The first kappa shape index (κ1) is 20.0. The van der Waals surface area contributed by atoms with E-state index in [0.717, 1.165) is 36.3 Å². The lowest BCUT2D eigenvalue weighted by Gasteiger charge is -2.25. The van der Waals surface area contributed by atoms with Crippen molar-refractivity contribution in [1.29, 1.82) is 0 Å². The number of aromatic nitrogens is 1. The Labute approximate surface area is 176 Å². The van der Waals surface area contributed by atoms with Gasteiger partial charge in [-0.2, -0.15) is 0 Å². The molecule has 1 amide bonds. The second-order valence-electron chi connectivity index (χ2n) is 7.77. The van der Waals surface area contributed by atoms with Gasteiger partial charge in [-0.05, 0) is 72.2 Å². The molecule has 0 fully saturated rings. The number of nitrogens with one attached hydrogen (secondary N) is 1. The SMILES string of the molecule is COc1ccc2c(c1)CCCC2CC(=O)Nc1ccc(Cn2ccccc2=O)cc1. The summed E-state index contributed by atoms with van der Waals surface area (Å²) in [6.45, 7) is 0.510. The van der Waals surface area contributed by atoms with Crippen LogP contribution in [-0.4, -0.2) is 17.6 Å². The highest BCUT2D eigenvalue weighted by atomic mass is 16.5. The van der Waals surface area contributed by atoms with Gasteiger partial charge in [0, 0.05) is 24.4 Å². The Bertz CT molecular complexity index is 1090. The molecule has 5 nitrogen and oxygen atoms in total. The van der Waals surface area contributed by atoms with Crippen LogP contribution in [0.2, 0.25) is 0 Å². The zero-order chi connectivity index (χ0) is 20.9. The highest BCUT2D eigenvalue weighted by Crippen LogP contribution is 2.36. The van der Waals surface area contributed by atoms with E-state index in [-0.39, 0.29) is 17.4 Å². The number of pyridine rings is 1. The molecule has 1 unspecified atom stereocenters. The lowest BCUT2D eigenvalue weighted by atomic mass is 9.81. The summed E-state index contributed by atoms with van der Waals surface area (Å²) in [5.74, 6) is 1.14. The number of anilines is 1. The van der Waals surface area contributed by atoms with Gasteiger partial charge in [-0.1, -0.05) is 24.3 Å². The van der Waals surface area contributed by atoms with E-state index in [2.05, 4.69) is 17.4 Å². The summed E-state index contributed by atoms with van der Waals surface area (Å²) in [7, 11) is 1.68. The van der Waals surface area contributed by atoms with Crippen LogP contribution in [0, 0.1) is 0 Å². The summed E-state index contributed by atoms with van der Waals surface area (Å²) in [6.07, 6.45) is 5.40. The molecular formula is C25H26N2O3. The van der Waals surface area contributed by atoms with Crippen molar-refractivity contribution in [2.45, 2.75) is 38.1 Å². The zero-order valence-corrected chi connectivity index (χ0v) is 17.1. The van der Waals surface area contributed by atoms with E-state index >= 15 is 0 Å². The minimum absolute atomic E-state index is 0.0238. The molecule has 1 heterocycles. The van der Waals surface area contributed by atoms with Gasteiger partial charge in [0.1, 0.15) is 5.75 Å². The summed E-state index contributed by atoms with van der Waals surface area (Å²) in [6, 6.07) is 19.0. The molecule has 2 aromatic carbocycles. The van der Waals surface area contributed by atoms with Gasteiger partial charge in [0.25, 0.3) is 5.56 Å². The van der Waals surface area contributed by atoms with Crippen molar-refractivity contribution in [1.82, 2.24) is 4.57 Å². The molecule has 0 saturated carbocycles. The van der Waals surface area contributed by atoms with Crippen molar-refractivity contribution in [3.05, 3.63) is 93.9 Å². The van der Waals surface area contributed by atoms with Crippen molar-refractivity contribution >= 4 is 11.6 Å². The monoisotopic (exact) mass is 402 g/mol. The van der Waals surface area contributed by atoms with Crippen LogP contribution in [0.4, 0.5) is 5.69 Å².